The first-order valence-corrected chi connectivity index (χ1v) is 11.4. The maximum atomic E-state index is 14.7. The van der Waals surface area contributed by atoms with Crippen LogP contribution in [0.2, 0.25) is 0 Å². The van der Waals surface area contributed by atoms with E-state index in [2.05, 4.69) is 18.8 Å². The lowest BCUT2D eigenvalue weighted by Gasteiger charge is -2.36. The summed E-state index contributed by atoms with van der Waals surface area (Å²) < 4.78 is 54.5. The Balaban J connectivity index is 1.47. The van der Waals surface area contributed by atoms with Gasteiger partial charge in [-0.25, -0.2) is 17.6 Å². The summed E-state index contributed by atoms with van der Waals surface area (Å²) in [4.78, 5) is 0. The van der Waals surface area contributed by atoms with Gasteiger partial charge in [0.25, 0.3) is 0 Å². The van der Waals surface area contributed by atoms with E-state index in [1.54, 1.807) is 12.1 Å². The van der Waals surface area contributed by atoms with Crippen molar-refractivity contribution in [3.05, 3.63) is 69.8 Å². The minimum atomic E-state index is -1.53. The summed E-state index contributed by atoms with van der Waals surface area (Å²) in [6, 6.07) is 4.99. The first-order valence-electron chi connectivity index (χ1n) is 11.4. The third kappa shape index (κ3) is 4.97. The third-order valence-corrected chi connectivity index (χ3v) is 7.14. The standard InChI is InChI=1S/C27H28F4/c1-2-3-17-4-7-19(8-5-17)20-10-11-21-14-22(24(28)16-23(21)15-20)9-6-18-12-25(29)27(31)26(30)13-18/h12-14,16-17,19-20H,2-5,7-8,10-11,15H2,1H3. The molecule has 4 heteroatoms. The lowest BCUT2D eigenvalue weighted by Crippen LogP contribution is -2.26. The van der Waals surface area contributed by atoms with E-state index >= 15 is 0 Å². The fourth-order valence-corrected chi connectivity index (χ4v) is 5.43. The molecule has 0 N–H and O–H groups in total. The van der Waals surface area contributed by atoms with Gasteiger partial charge in [0.05, 0.1) is 5.56 Å². The summed E-state index contributed by atoms with van der Waals surface area (Å²) in [5.41, 5.74) is 2.36. The van der Waals surface area contributed by atoms with E-state index in [0.717, 1.165) is 54.4 Å². The molecule has 0 heterocycles. The maximum Gasteiger partial charge on any atom is 0.194 e. The largest absolute Gasteiger partial charge is 0.206 e. The molecule has 0 nitrogen and oxygen atoms in total. The van der Waals surface area contributed by atoms with Crippen molar-refractivity contribution in [3.8, 4) is 11.8 Å². The highest BCUT2D eigenvalue weighted by molar-refractivity contribution is 5.47. The van der Waals surface area contributed by atoms with Crippen molar-refractivity contribution in [1.82, 2.24) is 0 Å². The monoisotopic (exact) mass is 428 g/mol. The number of rotatable bonds is 3. The fourth-order valence-electron chi connectivity index (χ4n) is 5.43. The average Bonchev–Trinajstić information content (AvgIpc) is 2.76. The normalized spacial score (nSPS) is 23.1. The number of benzene rings is 2. The summed E-state index contributed by atoms with van der Waals surface area (Å²) >= 11 is 0. The molecule has 0 radical (unpaired) electrons. The Morgan fingerprint density at radius 1 is 0.774 bits per heavy atom. The van der Waals surface area contributed by atoms with Crippen LogP contribution < -0.4 is 0 Å². The molecule has 2 aromatic rings. The first-order chi connectivity index (χ1) is 14.9. The smallest absolute Gasteiger partial charge is 0.194 e. The van der Waals surface area contributed by atoms with Gasteiger partial charge in [0, 0.05) is 5.56 Å². The molecular weight excluding hydrogens is 400 g/mol. The van der Waals surface area contributed by atoms with Crippen molar-refractivity contribution < 1.29 is 17.6 Å². The van der Waals surface area contributed by atoms with Crippen molar-refractivity contribution in [3.63, 3.8) is 0 Å². The SMILES string of the molecule is CCCC1CCC(C2CCc3cc(C#Cc4cc(F)c(F)c(F)c4)c(F)cc3C2)CC1. The molecule has 2 aromatic carbocycles. The first kappa shape index (κ1) is 21.9. The molecule has 2 aliphatic carbocycles. The van der Waals surface area contributed by atoms with Crippen LogP contribution in [0.25, 0.3) is 0 Å². The van der Waals surface area contributed by atoms with Crippen molar-refractivity contribution >= 4 is 0 Å². The highest BCUT2D eigenvalue weighted by atomic mass is 19.2. The maximum absolute atomic E-state index is 14.7. The number of fused-ring (bicyclic) bond motifs is 1. The summed E-state index contributed by atoms with van der Waals surface area (Å²) in [5.74, 6) is 2.93. The zero-order chi connectivity index (χ0) is 22.0. The quantitative estimate of drug-likeness (QED) is 0.272. The van der Waals surface area contributed by atoms with Gasteiger partial charge < -0.3 is 0 Å². The van der Waals surface area contributed by atoms with Gasteiger partial charge in [-0.3, -0.25) is 0 Å². The molecule has 164 valence electrons. The average molecular weight is 429 g/mol. The molecule has 0 aliphatic heterocycles. The number of aryl methyl sites for hydroxylation is 1. The van der Waals surface area contributed by atoms with Crippen LogP contribution in [0.15, 0.2) is 24.3 Å². The Bertz CT molecular complexity index is 983. The summed E-state index contributed by atoms with van der Waals surface area (Å²) in [7, 11) is 0. The highest BCUT2D eigenvalue weighted by Gasteiger charge is 2.30. The van der Waals surface area contributed by atoms with Crippen LogP contribution in [0.5, 0.6) is 0 Å². The Hall–Kier alpha value is -2.28. The van der Waals surface area contributed by atoms with Crippen LogP contribution in [0.1, 0.15) is 74.1 Å². The number of halogens is 4. The van der Waals surface area contributed by atoms with Crippen LogP contribution >= 0.6 is 0 Å². The minimum absolute atomic E-state index is 0.0211. The topological polar surface area (TPSA) is 0 Å². The second-order valence-electron chi connectivity index (χ2n) is 9.18. The molecule has 1 unspecified atom stereocenters. The van der Waals surface area contributed by atoms with E-state index in [9.17, 15) is 17.6 Å². The molecule has 0 spiro atoms. The fraction of sp³-hybridized carbons (Fsp3) is 0.481. The van der Waals surface area contributed by atoms with Gasteiger partial charge in [-0.15, -0.1) is 0 Å². The van der Waals surface area contributed by atoms with Crippen molar-refractivity contribution in [2.24, 2.45) is 17.8 Å². The second kappa shape index (κ2) is 9.47. The van der Waals surface area contributed by atoms with Gasteiger partial charge >= 0.3 is 0 Å². The molecule has 0 bridgehead atoms. The van der Waals surface area contributed by atoms with Crippen LogP contribution in [-0.2, 0) is 12.8 Å². The Kier molecular flexibility index (Phi) is 6.70. The van der Waals surface area contributed by atoms with E-state index in [4.69, 9.17) is 0 Å². The van der Waals surface area contributed by atoms with Crippen LogP contribution in [0.4, 0.5) is 17.6 Å². The van der Waals surface area contributed by atoms with Crippen LogP contribution in [0.3, 0.4) is 0 Å². The van der Waals surface area contributed by atoms with E-state index in [1.807, 2.05) is 0 Å². The summed E-state index contributed by atoms with van der Waals surface area (Å²) in [5, 5.41) is 0. The predicted molar refractivity (Wildman–Crippen MR) is 115 cm³/mol. The molecule has 1 atom stereocenters. The van der Waals surface area contributed by atoms with Crippen LogP contribution in [-0.4, -0.2) is 0 Å². The lowest BCUT2D eigenvalue weighted by atomic mass is 9.69. The van der Waals surface area contributed by atoms with Crippen molar-refractivity contribution in [2.75, 3.05) is 0 Å². The Morgan fingerprint density at radius 3 is 2.16 bits per heavy atom. The third-order valence-electron chi connectivity index (χ3n) is 7.14. The van der Waals surface area contributed by atoms with Crippen LogP contribution in [0, 0.1) is 52.9 Å². The van der Waals surface area contributed by atoms with Gasteiger partial charge in [0.15, 0.2) is 17.5 Å². The van der Waals surface area contributed by atoms with E-state index in [0.29, 0.717) is 5.92 Å². The molecule has 2 aliphatic rings. The zero-order valence-electron chi connectivity index (χ0n) is 17.9. The van der Waals surface area contributed by atoms with Crippen molar-refractivity contribution in [1.29, 1.82) is 0 Å². The Labute approximate surface area is 182 Å². The van der Waals surface area contributed by atoms with E-state index in [1.165, 1.54) is 38.5 Å². The highest BCUT2D eigenvalue weighted by Crippen LogP contribution is 2.40. The van der Waals surface area contributed by atoms with Crippen molar-refractivity contribution in [2.45, 2.75) is 64.7 Å². The predicted octanol–water partition coefficient (Wildman–Crippen LogP) is 7.35. The molecule has 0 saturated heterocycles. The van der Waals surface area contributed by atoms with E-state index in [-0.39, 0.29) is 11.1 Å². The molecule has 0 aromatic heterocycles. The lowest BCUT2D eigenvalue weighted by molar-refractivity contribution is 0.184. The molecule has 0 amide bonds. The molecule has 1 fully saturated rings. The van der Waals surface area contributed by atoms with Gasteiger partial charge in [0.2, 0.25) is 0 Å². The minimum Gasteiger partial charge on any atom is -0.206 e. The van der Waals surface area contributed by atoms with Gasteiger partial charge in [-0.1, -0.05) is 44.4 Å². The Morgan fingerprint density at radius 2 is 1.48 bits per heavy atom. The number of hydrogen-bond donors (Lipinski definition) is 0. The summed E-state index contributed by atoms with van der Waals surface area (Å²) in [6.45, 7) is 2.26. The number of hydrogen-bond acceptors (Lipinski definition) is 0. The van der Waals surface area contributed by atoms with Gasteiger partial charge in [0.1, 0.15) is 5.82 Å². The molecule has 31 heavy (non-hydrogen) atoms. The summed E-state index contributed by atoms with van der Waals surface area (Å²) in [6.07, 6.45) is 10.8. The zero-order valence-corrected chi connectivity index (χ0v) is 17.9. The van der Waals surface area contributed by atoms with Gasteiger partial charge in [-0.2, -0.15) is 0 Å². The van der Waals surface area contributed by atoms with Gasteiger partial charge in [-0.05, 0) is 85.3 Å². The van der Waals surface area contributed by atoms with E-state index < -0.39 is 23.3 Å². The molecular formula is C27H28F4. The molecule has 1 saturated carbocycles. The molecule has 4 rings (SSSR count). The second-order valence-corrected chi connectivity index (χ2v) is 9.18.